The Balaban J connectivity index is 2.01. The van der Waals surface area contributed by atoms with Crippen LogP contribution in [0, 0.1) is 3.57 Å². The van der Waals surface area contributed by atoms with Gasteiger partial charge in [-0.1, -0.05) is 23.7 Å². The Morgan fingerprint density at radius 1 is 1.21 bits per heavy atom. The fraction of sp³-hybridized carbons (Fsp3) is 0.0714. The molecule has 0 saturated heterocycles. The first-order chi connectivity index (χ1) is 9.04. The van der Waals surface area contributed by atoms with Crippen molar-refractivity contribution in [3.63, 3.8) is 0 Å². The molecule has 5 heteroatoms. The van der Waals surface area contributed by atoms with E-state index in [-0.39, 0.29) is 5.91 Å². The van der Waals surface area contributed by atoms with Crippen LogP contribution in [0.5, 0.6) is 0 Å². The molecule has 0 atom stereocenters. The van der Waals surface area contributed by atoms with Gasteiger partial charge in [-0.15, -0.1) is 0 Å². The average Bonchev–Trinajstić information content (AvgIpc) is 2.37. The number of benzene rings is 2. The van der Waals surface area contributed by atoms with Crippen LogP contribution < -0.4 is 5.32 Å². The lowest BCUT2D eigenvalue weighted by molar-refractivity contribution is -0.115. The predicted molar refractivity (Wildman–Crippen MR) is 90.6 cm³/mol. The number of amides is 1. The largest absolute Gasteiger partial charge is 0.326 e. The van der Waals surface area contributed by atoms with Crippen molar-refractivity contribution < 1.29 is 4.79 Å². The summed E-state index contributed by atoms with van der Waals surface area (Å²) in [6, 6.07) is 13.0. The van der Waals surface area contributed by atoms with E-state index < -0.39 is 0 Å². The normalized spacial score (nSPS) is 10.3. The minimum atomic E-state index is -0.0413. The van der Waals surface area contributed by atoms with Crippen molar-refractivity contribution in [1.82, 2.24) is 0 Å². The summed E-state index contributed by atoms with van der Waals surface area (Å²) in [4.78, 5) is 11.9. The number of anilines is 1. The highest BCUT2D eigenvalue weighted by atomic mass is 127. The van der Waals surface area contributed by atoms with Gasteiger partial charge in [0.15, 0.2) is 0 Å². The summed E-state index contributed by atoms with van der Waals surface area (Å²) >= 11 is 11.4. The Morgan fingerprint density at radius 2 is 1.89 bits per heavy atom. The summed E-state index contributed by atoms with van der Waals surface area (Å²) in [7, 11) is 0. The van der Waals surface area contributed by atoms with Crippen molar-refractivity contribution in [2.75, 3.05) is 5.32 Å². The van der Waals surface area contributed by atoms with Crippen LogP contribution in [-0.2, 0) is 11.2 Å². The van der Waals surface area contributed by atoms with Gasteiger partial charge in [-0.3, -0.25) is 4.79 Å². The molecule has 2 aromatic carbocycles. The van der Waals surface area contributed by atoms with Crippen molar-refractivity contribution in [3.05, 3.63) is 61.1 Å². The minimum Gasteiger partial charge on any atom is -0.326 e. The molecule has 0 aliphatic carbocycles. The molecule has 0 bridgehead atoms. The number of halogens is 3. The second kappa shape index (κ2) is 6.72. The highest BCUT2D eigenvalue weighted by molar-refractivity contribution is 14.1. The number of carbonyl (C=O) groups excluding carboxylic acids is 1. The summed E-state index contributed by atoms with van der Waals surface area (Å²) in [5, 5.41) is 3.55. The van der Waals surface area contributed by atoms with Gasteiger partial charge in [-0.25, -0.2) is 0 Å². The van der Waals surface area contributed by atoms with Gasteiger partial charge in [0.2, 0.25) is 5.91 Å². The summed E-state index contributed by atoms with van der Waals surface area (Å²) in [5.74, 6) is -0.0413. The quantitative estimate of drug-likeness (QED) is 0.663. The second-order valence-corrected chi connectivity index (χ2v) is 6.43. The number of hydrogen-bond acceptors (Lipinski definition) is 1. The molecule has 2 aromatic rings. The average molecular weight is 451 g/mol. The number of hydrogen-bond donors (Lipinski definition) is 1. The third-order valence-corrected chi connectivity index (χ3v) is 5.06. The summed E-state index contributed by atoms with van der Waals surface area (Å²) < 4.78 is 2.07. The van der Waals surface area contributed by atoms with E-state index in [4.69, 9.17) is 11.6 Å². The van der Waals surface area contributed by atoms with Gasteiger partial charge < -0.3 is 5.32 Å². The Labute approximate surface area is 138 Å². The fourth-order valence-corrected chi connectivity index (χ4v) is 2.45. The van der Waals surface area contributed by atoms with Gasteiger partial charge in [0.1, 0.15) is 0 Å². The lowest BCUT2D eigenvalue weighted by atomic mass is 10.1. The molecular weight excluding hydrogens is 440 g/mol. The Morgan fingerprint density at radius 3 is 2.53 bits per heavy atom. The lowest BCUT2D eigenvalue weighted by Gasteiger charge is -2.06. The summed E-state index contributed by atoms with van der Waals surface area (Å²) in [6.45, 7) is 0. The van der Waals surface area contributed by atoms with E-state index in [1.807, 2.05) is 30.3 Å². The van der Waals surface area contributed by atoms with Crippen LogP contribution in [0.2, 0.25) is 5.02 Å². The summed E-state index contributed by atoms with van der Waals surface area (Å²) in [6.07, 6.45) is 0.337. The lowest BCUT2D eigenvalue weighted by Crippen LogP contribution is -2.14. The van der Waals surface area contributed by atoms with Crippen molar-refractivity contribution in [1.29, 1.82) is 0 Å². The summed E-state index contributed by atoms with van der Waals surface area (Å²) in [5.41, 5.74) is 1.74. The molecule has 0 aliphatic heterocycles. The van der Waals surface area contributed by atoms with E-state index in [0.29, 0.717) is 11.4 Å². The van der Waals surface area contributed by atoms with Gasteiger partial charge in [-0.05, 0) is 74.4 Å². The molecule has 0 aromatic heterocycles. The van der Waals surface area contributed by atoms with Crippen LogP contribution in [-0.4, -0.2) is 5.91 Å². The Hall–Kier alpha value is -0.590. The number of rotatable bonds is 3. The van der Waals surface area contributed by atoms with Crippen LogP contribution >= 0.6 is 50.1 Å². The molecule has 1 N–H and O–H groups in total. The van der Waals surface area contributed by atoms with Gasteiger partial charge in [-0.2, -0.15) is 0 Å². The van der Waals surface area contributed by atoms with E-state index in [1.165, 1.54) is 0 Å². The van der Waals surface area contributed by atoms with Crippen molar-refractivity contribution in [3.8, 4) is 0 Å². The third-order valence-electron chi connectivity index (χ3n) is 2.48. The number of carbonyl (C=O) groups is 1. The zero-order valence-corrected chi connectivity index (χ0v) is 14.3. The maximum Gasteiger partial charge on any atom is 0.228 e. The standard InChI is InChI=1S/C14H10BrClINO/c15-12-6-5-11(8-13(12)17)18-14(19)7-9-1-3-10(16)4-2-9/h1-6,8H,7H2,(H,18,19). The van der Waals surface area contributed by atoms with E-state index in [2.05, 4.69) is 43.8 Å². The molecule has 0 fully saturated rings. The van der Waals surface area contributed by atoms with E-state index in [9.17, 15) is 4.79 Å². The molecule has 1 amide bonds. The van der Waals surface area contributed by atoms with E-state index in [1.54, 1.807) is 12.1 Å². The van der Waals surface area contributed by atoms with E-state index >= 15 is 0 Å². The van der Waals surface area contributed by atoms with Crippen molar-refractivity contribution >= 4 is 61.7 Å². The van der Waals surface area contributed by atoms with Gasteiger partial charge in [0.05, 0.1) is 6.42 Å². The maximum absolute atomic E-state index is 11.9. The SMILES string of the molecule is O=C(Cc1ccc(Cl)cc1)Nc1ccc(Br)c(I)c1. The molecule has 0 unspecified atom stereocenters. The Bertz CT molecular complexity index is 601. The fourth-order valence-electron chi connectivity index (χ4n) is 1.57. The van der Waals surface area contributed by atoms with Crippen LogP contribution in [0.1, 0.15) is 5.56 Å². The van der Waals surface area contributed by atoms with Gasteiger partial charge in [0.25, 0.3) is 0 Å². The molecule has 19 heavy (non-hydrogen) atoms. The van der Waals surface area contributed by atoms with E-state index in [0.717, 1.165) is 19.3 Å². The maximum atomic E-state index is 11.9. The molecule has 98 valence electrons. The molecule has 0 aliphatic rings. The van der Waals surface area contributed by atoms with Crippen LogP contribution in [0.3, 0.4) is 0 Å². The second-order valence-electron chi connectivity index (χ2n) is 3.98. The zero-order chi connectivity index (χ0) is 13.8. The van der Waals surface area contributed by atoms with Crippen LogP contribution in [0.25, 0.3) is 0 Å². The molecular formula is C14H10BrClINO. The minimum absolute atomic E-state index is 0.0413. The van der Waals surface area contributed by atoms with Gasteiger partial charge >= 0.3 is 0 Å². The van der Waals surface area contributed by atoms with Crippen LogP contribution in [0.4, 0.5) is 5.69 Å². The molecule has 0 heterocycles. The third kappa shape index (κ3) is 4.47. The van der Waals surface area contributed by atoms with Crippen molar-refractivity contribution in [2.24, 2.45) is 0 Å². The smallest absolute Gasteiger partial charge is 0.228 e. The first-order valence-corrected chi connectivity index (χ1v) is 7.79. The first kappa shape index (κ1) is 14.8. The highest BCUT2D eigenvalue weighted by Gasteiger charge is 2.05. The molecule has 0 saturated carbocycles. The Kier molecular flexibility index (Phi) is 5.24. The predicted octanol–water partition coefficient (Wildman–Crippen LogP) is 4.89. The zero-order valence-electron chi connectivity index (χ0n) is 9.79. The van der Waals surface area contributed by atoms with Gasteiger partial charge in [0, 0.05) is 18.8 Å². The molecule has 0 spiro atoms. The number of nitrogens with one attached hydrogen (secondary N) is 1. The van der Waals surface area contributed by atoms with Crippen molar-refractivity contribution in [2.45, 2.75) is 6.42 Å². The molecule has 2 nitrogen and oxygen atoms in total. The highest BCUT2D eigenvalue weighted by Crippen LogP contribution is 2.22. The van der Waals surface area contributed by atoms with Crippen LogP contribution in [0.15, 0.2) is 46.9 Å². The topological polar surface area (TPSA) is 29.1 Å². The monoisotopic (exact) mass is 449 g/mol. The first-order valence-electron chi connectivity index (χ1n) is 5.54. The molecule has 0 radical (unpaired) electrons. The molecule has 2 rings (SSSR count).